The van der Waals surface area contributed by atoms with Gasteiger partial charge in [-0.15, -0.1) is 0 Å². The van der Waals surface area contributed by atoms with Crippen molar-refractivity contribution in [2.75, 3.05) is 13.2 Å². The topological polar surface area (TPSA) is 23.5 Å². The Labute approximate surface area is 103 Å². The molecule has 1 rings (SSSR count). The van der Waals surface area contributed by atoms with Gasteiger partial charge < -0.3 is 5.11 Å². The molecule has 16 heavy (non-hydrogen) atoms. The van der Waals surface area contributed by atoms with Crippen molar-refractivity contribution in [3.63, 3.8) is 0 Å². The van der Waals surface area contributed by atoms with Gasteiger partial charge in [0.2, 0.25) is 0 Å². The first kappa shape index (κ1) is 13.5. The Morgan fingerprint density at radius 2 is 2.00 bits per heavy atom. The summed E-state index contributed by atoms with van der Waals surface area (Å²) in [5.74, 6) is 0. The van der Waals surface area contributed by atoms with E-state index in [1.165, 1.54) is 5.56 Å². The number of hydrogen-bond acceptors (Lipinski definition) is 2. The SMILES string of the molecule is CC(C)N(CCO)[C@H](C)c1cccc(Cl)c1. The van der Waals surface area contributed by atoms with Crippen molar-refractivity contribution < 1.29 is 5.11 Å². The van der Waals surface area contributed by atoms with Gasteiger partial charge in [-0.3, -0.25) is 4.90 Å². The molecule has 0 aromatic heterocycles. The van der Waals surface area contributed by atoms with Crippen LogP contribution in [0.2, 0.25) is 5.02 Å². The second-order valence-electron chi connectivity index (χ2n) is 4.29. The minimum atomic E-state index is 0.184. The van der Waals surface area contributed by atoms with E-state index in [0.717, 1.165) is 5.02 Å². The lowest BCUT2D eigenvalue weighted by atomic mass is 10.1. The van der Waals surface area contributed by atoms with Gasteiger partial charge in [0, 0.05) is 23.7 Å². The number of aliphatic hydroxyl groups excluding tert-OH is 1. The molecule has 3 heteroatoms. The molecule has 0 aliphatic heterocycles. The lowest BCUT2D eigenvalue weighted by Gasteiger charge is -2.32. The average Bonchev–Trinajstić information content (AvgIpc) is 2.24. The molecule has 0 unspecified atom stereocenters. The van der Waals surface area contributed by atoms with Gasteiger partial charge in [-0.1, -0.05) is 23.7 Å². The van der Waals surface area contributed by atoms with E-state index in [1.54, 1.807) is 0 Å². The zero-order chi connectivity index (χ0) is 12.1. The molecule has 0 spiro atoms. The molecule has 0 aliphatic rings. The molecule has 90 valence electrons. The second-order valence-corrected chi connectivity index (χ2v) is 4.72. The van der Waals surface area contributed by atoms with Gasteiger partial charge in [0.1, 0.15) is 0 Å². The number of hydrogen-bond donors (Lipinski definition) is 1. The fourth-order valence-electron chi connectivity index (χ4n) is 1.97. The molecule has 0 saturated carbocycles. The van der Waals surface area contributed by atoms with E-state index in [0.29, 0.717) is 12.6 Å². The fourth-order valence-corrected chi connectivity index (χ4v) is 2.17. The van der Waals surface area contributed by atoms with E-state index in [9.17, 15) is 0 Å². The quantitative estimate of drug-likeness (QED) is 0.856. The lowest BCUT2D eigenvalue weighted by Crippen LogP contribution is -2.35. The van der Waals surface area contributed by atoms with Crippen LogP contribution in [0.4, 0.5) is 0 Å². The molecule has 0 saturated heterocycles. The smallest absolute Gasteiger partial charge is 0.0558 e. The summed E-state index contributed by atoms with van der Waals surface area (Å²) in [7, 11) is 0. The number of nitrogens with zero attached hydrogens (tertiary/aromatic N) is 1. The maximum absolute atomic E-state index is 9.07. The van der Waals surface area contributed by atoms with Crippen LogP contribution in [-0.2, 0) is 0 Å². The molecule has 1 atom stereocenters. The zero-order valence-electron chi connectivity index (χ0n) is 10.2. The van der Waals surface area contributed by atoms with Gasteiger partial charge in [0.15, 0.2) is 0 Å². The predicted octanol–water partition coefficient (Wildman–Crippen LogP) is 3.10. The van der Waals surface area contributed by atoms with E-state index >= 15 is 0 Å². The van der Waals surface area contributed by atoms with Crippen molar-refractivity contribution in [1.82, 2.24) is 4.90 Å². The predicted molar refractivity (Wildman–Crippen MR) is 68.8 cm³/mol. The first-order valence-corrected chi connectivity index (χ1v) is 6.06. The van der Waals surface area contributed by atoms with Crippen LogP contribution >= 0.6 is 11.6 Å². The third kappa shape index (κ3) is 3.48. The van der Waals surface area contributed by atoms with Crippen LogP contribution in [0.5, 0.6) is 0 Å². The van der Waals surface area contributed by atoms with Crippen molar-refractivity contribution >= 4 is 11.6 Å². The summed E-state index contributed by atoms with van der Waals surface area (Å²) >= 11 is 5.98. The molecule has 0 bridgehead atoms. The van der Waals surface area contributed by atoms with Crippen molar-refractivity contribution in [3.8, 4) is 0 Å². The van der Waals surface area contributed by atoms with E-state index in [4.69, 9.17) is 16.7 Å². The van der Waals surface area contributed by atoms with Crippen LogP contribution in [0, 0.1) is 0 Å². The summed E-state index contributed by atoms with van der Waals surface area (Å²) < 4.78 is 0. The van der Waals surface area contributed by atoms with Crippen LogP contribution in [0.15, 0.2) is 24.3 Å². The van der Waals surface area contributed by atoms with Crippen LogP contribution in [0.1, 0.15) is 32.4 Å². The maximum Gasteiger partial charge on any atom is 0.0558 e. The molecule has 0 amide bonds. The van der Waals surface area contributed by atoms with Crippen LogP contribution in [0.25, 0.3) is 0 Å². The number of benzene rings is 1. The van der Waals surface area contributed by atoms with Crippen molar-refractivity contribution in [2.24, 2.45) is 0 Å². The minimum Gasteiger partial charge on any atom is -0.395 e. The molecular weight excluding hydrogens is 222 g/mol. The fraction of sp³-hybridized carbons (Fsp3) is 0.538. The number of rotatable bonds is 5. The molecule has 1 N–H and O–H groups in total. The Hall–Kier alpha value is -0.570. The summed E-state index contributed by atoms with van der Waals surface area (Å²) in [6, 6.07) is 8.57. The van der Waals surface area contributed by atoms with E-state index in [2.05, 4.69) is 31.7 Å². The van der Waals surface area contributed by atoms with Crippen LogP contribution in [0.3, 0.4) is 0 Å². The average molecular weight is 242 g/mol. The molecule has 1 aromatic carbocycles. The second kappa shape index (κ2) is 6.24. The highest BCUT2D eigenvalue weighted by Crippen LogP contribution is 2.24. The molecule has 0 heterocycles. The van der Waals surface area contributed by atoms with Crippen molar-refractivity contribution in [1.29, 1.82) is 0 Å². The molecule has 0 radical (unpaired) electrons. The minimum absolute atomic E-state index is 0.184. The normalized spacial score (nSPS) is 13.4. The first-order chi connectivity index (χ1) is 7.56. The van der Waals surface area contributed by atoms with Gasteiger partial charge in [0.05, 0.1) is 6.61 Å². The molecule has 2 nitrogen and oxygen atoms in total. The summed E-state index contributed by atoms with van der Waals surface area (Å²) in [5.41, 5.74) is 1.19. The van der Waals surface area contributed by atoms with Crippen LogP contribution < -0.4 is 0 Å². The standard InChI is InChI=1S/C13H20ClNO/c1-10(2)15(7-8-16)11(3)12-5-4-6-13(14)9-12/h4-6,9-11,16H,7-8H2,1-3H3/t11-/m1/s1. The largest absolute Gasteiger partial charge is 0.395 e. The van der Waals surface area contributed by atoms with E-state index < -0.39 is 0 Å². The summed E-state index contributed by atoms with van der Waals surface area (Å²) in [5, 5.41) is 9.83. The number of aliphatic hydroxyl groups is 1. The van der Waals surface area contributed by atoms with Gasteiger partial charge in [-0.25, -0.2) is 0 Å². The maximum atomic E-state index is 9.07. The van der Waals surface area contributed by atoms with Gasteiger partial charge in [-0.05, 0) is 38.5 Å². The third-order valence-corrected chi connectivity index (χ3v) is 3.09. The Kier molecular flexibility index (Phi) is 5.26. The highest BCUT2D eigenvalue weighted by molar-refractivity contribution is 6.30. The monoisotopic (exact) mass is 241 g/mol. The number of halogens is 1. The molecule has 0 fully saturated rings. The molecular formula is C13H20ClNO. The van der Waals surface area contributed by atoms with E-state index in [-0.39, 0.29) is 12.6 Å². The Morgan fingerprint density at radius 3 is 2.50 bits per heavy atom. The highest BCUT2D eigenvalue weighted by Gasteiger charge is 2.18. The highest BCUT2D eigenvalue weighted by atomic mass is 35.5. The lowest BCUT2D eigenvalue weighted by molar-refractivity contribution is 0.126. The van der Waals surface area contributed by atoms with Crippen molar-refractivity contribution in [2.45, 2.75) is 32.9 Å². The third-order valence-electron chi connectivity index (χ3n) is 2.85. The summed E-state index contributed by atoms with van der Waals surface area (Å²) in [6.45, 7) is 7.28. The van der Waals surface area contributed by atoms with Gasteiger partial charge >= 0.3 is 0 Å². The zero-order valence-corrected chi connectivity index (χ0v) is 10.9. The molecule has 0 aliphatic carbocycles. The Balaban J connectivity index is 2.85. The van der Waals surface area contributed by atoms with Crippen LogP contribution in [-0.4, -0.2) is 29.2 Å². The van der Waals surface area contributed by atoms with Gasteiger partial charge in [-0.2, -0.15) is 0 Å². The molecule has 1 aromatic rings. The van der Waals surface area contributed by atoms with E-state index in [1.807, 2.05) is 18.2 Å². The summed E-state index contributed by atoms with van der Waals surface area (Å²) in [4.78, 5) is 2.26. The van der Waals surface area contributed by atoms with Crippen molar-refractivity contribution in [3.05, 3.63) is 34.9 Å². The first-order valence-electron chi connectivity index (χ1n) is 5.68. The summed E-state index contributed by atoms with van der Waals surface area (Å²) in [6.07, 6.45) is 0. The Bertz CT molecular complexity index is 327. The Morgan fingerprint density at radius 1 is 1.31 bits per heavy atom. The van der Waals surface area contributed by atoms with Gasteiger partial charge in [0.25, 0.3) is 0 Å².